The lowest BCUT2D eigenvalue weighted by atomic mass is 9.50. The molecule has 1 unspecified atom stereocenters. The van der Waals surface area contributed by atoms with E-state index in [-0.39, 0.29) is 23.2 Å². The van der Waals surface area contributed by atoms with Crippen LogP contribution in [0.4, 0.5) is 5.69 Å². The zero-order chi connectivity index (χ0) is 18.0. The Labute approximate surface area is 162 Å². The Morgan fingerprint density at radius 2 is 1.92 bits per heavy atom. The van der Waals surface area contributed by atoms with Gasteiger partial charge in [0.15, 0.2) is 0 Å². The van der Waals surface area contributed by atoms with Crippen molar-refractivity contribution in [3.05, 3.63) is 46.5 Å². The van der Waals surface area contributed by atoms with Crippen LogP contribution in [0.5, 0.6) is 5.75 Å². The average molecular weight is 374 g/mol. The van der Waals surface area contributed by atoms with Gasteiger partial charge in [-0.15, -0.1) is 12.4 Å². The second kappa shape index (κ2) is 6.12. The fourth-order valence-electron chi connectivity index (χ4n) is 5.48. The maximum absolute atomic E-state index is 6.17. The first-order valence-corrected chi connectivity index (χ1v) is 9.07. The molecular weight excluding hydrogens is 346 g/mol. The molecule has 0 fully saturated rings. The predicted octanol–water partition coefficient (Wildman–Crippen LogP) is 4.15. The molecule has 4 nitrogen and oxygen atoms in total. The zero-order valence-corrected chi connectivity index (χ0v) is 17.0. The SMILES string of the molecule is COc1cc2c(cc1N)CCC1C(C)(C)c3nc(C)ncc3C[C@]21C.Cl. The molecular formula is C21H28ClN3O. The number of halogens is 1. The molecule has 0 saturated carbocycles. The normalized spacial score (nSPS) is 25.3. The van der Waals surface area contributed by atoms with Crippen molar-refractivity contribution in [1.82, 2.24) is 9.97 Å². The van der Waals surface area contributed by atoms with Crippen LogP contribution in [-0.4, -0.2) is 17.1 Å². The highest BCUT2D eigenvalue weighted by molar-refractivity contribution is 5.85. The fourth-order valence-corrected chi connectivity index (χ4v) is 5.48. The smallest absolute Gasteiger partial charge is 0.142 e. The summed E-state index contributed by atoms with van der Waals surface area (Å²) in [5.41, 5.74) is 12.2. The van der Waals surface area contributed by atoms with Gasteiger partial charge >= 0.3 is 0 Å². The number of rotatable bonds is 1. The first kappa shape index (κ1) is 19.0. The van der Waals surface area contributed by atoms with E-state index < -0.39 is 0 Å². The summed E-state index contributed by atoms with van der Waals surface area (Å²) < 4.78 is 5.52. The van der Waals surface area contributed by atoms with Gasteiger partial charge in [0.05, 0.1) is 18.5 Å². The molecule has 2 aliphatic carbocycles. The van der Waals surface area contributed by atoms with Crippen molar-refractivity contribution >= 4 is 18.1 Å². The lowest BCUT2D eigenvalue weighted by Crippen LogP contribution is -2.52. The van der Waals surface area contributed by atoms with Crippen molar-refractivity contribution < 1.29 is 4.74 Å². The number of nitrogen functional groups attached to an aromatic ring is 1. The Morgan fingerprint density at radius 1 is 1.19 bits per heavy atom. The number of hydrogen-bond acceptors (Lipinski definition) is 4. The molecule has 0 amide bonds. The summed E-state index contributed by atoms with van der Waals surface area (Å²) in [4.78, 5) is 9.31. The minimum Gasteiger partial charge on any atom is -0.495 e. The molecule has 2 N–H and O–H groups in total. The summed E-state index contributed by atoms with van der Waals surface area (Å²) in [5.74, 6) is 2.17. The number of nitrogens with two attached hydrogens (primary N) is 1. The second-order valence-corrected chi connectivity index (χ2v) is 8.45. The summed E-state index contributed by atoms with van der Waals surface area (Å²) in [5, 5.41) is 0. The van der Waals surface area contributed by atoms with E-state index in [4.69, 9.17) is 15.5 Å². The van der Waals surface area contributed by atoms with E-state index in [0.29, 0.717) is 5.92 Å². The van der Waals surface area contributed by atoms with Crippen molar-refractivity contribution in [1.29, 1.82) is 0 Å². The van der Waals surface area contributed by atoms with Crippen molar-refractivity contribution in [2.24, 2.45) is 5.92 Å². The quantitative estimate of drug-likeness (QED) is 0.762. The number of nitrogens with zero attached hydrogens (tertiary/aromatic N) is 2. The molecule has 0 bridgehead atoms. The number of benzene rings is 1. The molecule has 0 radical (unpaired) electrons. The molecule has 1 aromatic heterocycles. The predicted molar refractivity (Wildman–Crippen MR) is 107 cm³/mol. The van der Waals surface area contributed by atoms with Crippen LogP contribution in [0.1, 0.15) is 55.4 Å². The molecule has 4 rings (SSSR count). The molecule has 26 heavy (non-hydrogen) atoms. The molecule has 1 heterocycles. The highest BCUT2D eigenvalue weighted by Gasteiger charge is 2.53. The number of hydrogen-bond donors (Lipinski definition) is 1. The van der Waals surface area contributed by atoms with Crippen molar-refractivity contribution in [3.8, 4) is 5.75 Å². The molecule has 0 aliphatic heterocycles. The van der Waals surface area contributed by atoms with Gasteiger partial charge in [0, 0.05) is 17.0 Å². The van der Waals surface area contributed by atoms with Crippen molar-refractivity contribution in [2.45, 2.75) is 57.8 Å². The van der Waals surface area contributed by atoms with E-state index in [1.165, 1.54) is 22.4 Å². The van der Waals surface area contributed by atoms with Gasteiger partial charge in [0.1, 0.15) is 11.6 Å². The summed E-state index contributed by atoms with van der Waals surface area (Å²) in [6, 6.07) is 4.29. The standard InChI is InChI=1S/C21H27N3O.ClH/c1-12-23-11-14-10-21(4)15-9-17(25-5)16(22)8-13(15)6-7-18(21)20(2,3)19(14)24-12;/h8-9,11,18H,6-7,10,22H2,1-5H3;1H/t18?,21-;/m1./s1. The minimum absolute atomic E-state index is 0. The summed E-state index contributed by atoms with van der Waals surface area (Å²) in [6.45, 7) is 9.07. The van der Waals surface area contributed by atoms with Gasteiger partial charge in [-0.2, -0.15) is 0 Å². The second-order valence-electron chi connectivity index (χ2n) is 8.45. The van der Waals surface area contributed by atoms with E-state index in [9.17, 15) is 0 Å². The average Bonchev–Trinajstić information content (AvgIpc) is 2.55. The number of methoxy groups -OCH3 is 1. The van der Waals surface area contributed by atoms with Gasteiger partial charge in [0.25, 0.3) is 0 Å². The Bertz CT molecular complexity index is 865. The van der Waals surface area contributed by atoms with Gasteiger partial charge in [0.2, 0.25) is 0 Å². The minimum atomic E-state index is 0. The lowest BCUT2D eigenvalue weighted by molar-refractivity contribution is 0.134. The molecule has 0 spiro atoms. The molecule has 2 aromatic rings. The molecule has 2 atom stereocenters. The van der Waals surface area contributed by atoms with Crippen LogP contribution in [0.15, 0.2) is 18.3 Å². The van der Waals surface area contributed by atoms with E-state index in [2.05, 4.69) is 37.9 Å². The third kappa shape index (κ3) is 2.50. The third-order valence-corrected chi connectivity index (χ3v) is 6.57. The zero-order valence-electron chi connectivity index (χ0n) is 16.2. The number of aromatic nitrogens is 2. The molecule has 2 aliphatic rings. The van der Waals surface area contributed by atoms with Crippen LogP contribution in [0, 0.1) is 12.8 Å². The summed E-state index contributed by atoms with van der Waals surface area (Å²) in [6.07, 6.45) is 5.22. The number of aryl methyl sites for hydroxylation is 2. The number of anilines is 1. The first-order valence-electron chi connectivity index (χ1n) is 9.07. The van der Waals surface area contributed by atoms with Crippen LogP contribution in [-0.2, 0) is 23.7 Å². The monoisotopic (exact) mass is 373 g/mol. The van der Waals surface area contributed by atoms with Crippen LogP contribution in [0.2, 0.25) is 0 Å². The fraction of sp³-hybridized carbons (Fsp3) is 0.524. The van der Waals surface area contributed by atoms with Crippen LogP contribution >= 0.6 is 12.4 Å². The van der Waals surface area contributed by atoms with Crippen molar-refractivity contribution in [2.75, 3.05) is 12.8 Å². The topological polar surface area (TPSA) is 61.0 Å². The largest absolute Gasteiger partial charge is 0.495 e. The Hall–Kier alpha value is -1.81. The van der Waals surface area contributed by atoms with E-state index >= 15 is 0 Å². The van der Waals surface area contributed by atoms with Crippen LogP contribution in [0.25, 0.3) is 0 Å². The van der Waals surface area contributed by atoms with Crippen LogP contribution < -0.4 is 10.5 Å². The highest BCUT2D eigenvalue weighted by Crippen LogP contribution is 2.56. The van der Waals surface area contributed by atoms with E-state index in [0.717, 1.165) is 36.5 Å². The molecule has 1 aromatic carbocycles. The summed E-state index contributed by atoms with van der Waals surface area (Å²) in [7, 11) is 1.69. The van der Waals surface area contributed by atoms with E-state index in [1.54, 1.807) is 7.11 Å². The van der Waals surface area contributed by atoms with Gasteiger partial charge in [-0.05, 0) is 60.9 Å². The van der Waals surface area contributed by atoms with Gasteiger partial charge in [-0.1, -0.05) is 20.8 Å². The maximum Gasteiger partial charge on any atom is 0.142 e. The Balaban J connectivity index is 0.00000196. The van der Waals surface area contributed by atoms with Gasteiger partial charge < -0.3 is 10.5 Å². The third-order valence-electron chi connectivity index (χ3n) is 6.57. The molecule has 0 saturated heterocycles. The van der Waals surface area contributed by atoms with Crippen LogP contribution in [0.3, 0.4) is 0 Å². The van der Waals surface area contributed by atoms with E-state index in [1.807, 2.05) is 13.1 Å². The first-order chi connectivity index (χ1) is 11.8. The maximum atomic E-state index is 6.17. The Kier molecular flexibility index (Phi) is 4.47. The highest BCUT2D eigenvalue weighted by atomic mass is 35.5. The Morgan fingerprint density at radius 3 is 2.62 bits per heavy atom. The lowest BCUT2D eigenvalue weighted by Gasteiger charge is -2.54. The van der Waals surface area contributed by atoms with Crippen molar-refractivity contribution in [3.63, 3.8) is 0 Å². The summed E-state index contributed by atoms with van der Waals surface area (Å²) >= 11 is 0. The van der Waals surface area contributed by atoms with Gasteiger partial charge in [-0.25, -0.2) is 9.97 Å². The number of fused-ring (bicyclic) bond motifs is 4. The number of ether oxygens (including phenoxy) is 1. The van der Waals surface area contributed by atoms with Gasteiger partial charge in [-0.3, -0.25) is 0 Å². The molecule has 5 heteroatoms. The molecule has 140 valence electrons.